The van der Waals surface area contributed by atoms with E-state index in [1.165, 1.54) is 37.7 Å². The monoisotopic (exact) mass is 798 g/mol. The topological polar surface area (TPSA) is 142 Å². The summed E-state index contributed by atoms with van der Waals surface area (Å²) >= 11 is 0. The Hall–Kier alpha value is -6.17. The number of methoxy groups -OCH3 is 1. The molecule has 2 amide bonds. The number of amides is 2. The molecule has 4 heterocycles. The first-order valence-electron chi connectivity index (χ1n) is 20.4. The quantitative estimate of drug-likeness (QED) is 0.133. The second-order valence-corrected chi connectivity index (χ2v) is 15.9. The maximum atomic E-state index is 14.4. The first kappa shape index (κ1) is 39.6. The molecule has 1 fully saturated rings. The Morgan fingerprint density at radius 2 is 1.73 bits per heavy atom. The third kappa shape index (κ3) is 8.53. The summed E-state index contributed by atoms with van der Waals surface area (Å²) in [5.74, 6) is 1.66. The Bertz CT molecular complexity index is 2370. The molecule has 3 aromatic carbocycles. The van der Waals surface area contributed by atoms with Crippen molar-refractivity contribution in [3.63, 3.8) is 0 Å². The maximum Gasteiger partial charge on any atom is 0.328 e. The number of nitrogens with one attached hydrogen (secondary N) is 1. The highest BCUT2D eigenvalue weighted by Crippen LogP contribution is 2.41. The molecular formula is C47H50N4O8. The molecule has 2 aromatic heterocycles. The average Bonchev–Trinajstić information content (AvgIpc) is 3.90. The SMILES string of the molecule is COC(=O)[C@H](Cc1ccc(-c2ccnc(C)c2C)cc1)NC(=O)[C@@H]1Cc2cc3c(cc2CN1C(=O)c1nc(C)oc1C)O[C@@H](c1cccc(OCC2CCCC2)c1)CO3. The number of oxazole rings is 1. The van der Waals surface area contributed by atoms with Crippen LogP contribution in [0.3, 0.4) is 0 Å². The zero-order chi connectivity index (χ0) is 41.2. The summed E-state index contributed by atoms with van der Waals surface area (Å²) in [4.78, 5) is 52.1. The lowest BCUT2D eigenvalue weighted by Crippen LogP contribution is -2.56. The third-order valence-electron chi connectivity index (χ3n) is 11.9. The van der Waals surface area contributed by atoms with Gasteiger partial charge in [-0.2, -0.15) is 0 Å². The number of hydrogen-bond donors (Lipinski definition) is 1. The Morgan fingerprint density at radius 1 is 0.949 bits per heavy atom. The van der Waals surface area contributed by atoms with Gasteiger partial charge in [0.1, 0.15) is 30.2 Å². The lowest BCUT2D eigenvalue weighted by atomic mass is 9.91. The predicted molar refractivity (Wildman–Crippen MR) is 219 cm³/mol. The fourth-order valence-electron chi connectivity index (χ4n) is 8.43. The van der Waals surface area contributed by atoms with E-state index in [-0.39, 0.29) is 31.2 Å². The molecule has 0 unspecified atom stereocenters. The van der Waals surface area contributed by atoms with Gasteiger partial charge in [-0.25, -0.2) is 9.78 Å². The normalized spacial score (nSPS) is 17.9. The van der Waals surface area contributed by atoms with E-state index >= 15 is 0 Å². The van der Waals surface area contributed by atoms with Gasteiger partial charge in [0.2, 0.25) is 5.91 Å². The van der Waals surface area contributed by atoms with Crippen molar-refractivity contribution in [2.45, 2.75) is 91.0 Å². The Labute approximate surface area is 344 Å². The van der Waals surface area contributed by atoms with Crippen LogP contribution >= 0.6 is 0 Å². The molecule has 1 saturated carbocycles. The third-order valence-corrected chi connectivity index (χ3v) is 11.9. The first-order chi connectivity index (χ1) is 28.5. The fraction of sp³-hybridized carbons (Fsp3) is 0.383. The number of nitrogens with zero attached hydrogens (tertiary/aromatic N) is 3. The first-order valence-corrected chi connectivity index (χ1v) is 20.4. The molecule has 0 spiro atoms. The van der Waals surface area contributed by atoms with Crippen molar-refractivity contribution >= 4 is 17.8 Å². The number of aryl methyl sites for hydroxylation is 3. The second-order valence-electron chi connectivity index (χ2n) is 15.9. The van der Waals surface area contributed by atoms with E-state index < -0.39 is 29.9 Å². The summed E-state index contributed by atoms with van der Waals surface area (Å²) in [5.41, 5.74) is 7.67. The number of rotatable bonds is 11. The molecule has 3 atom stereocenters. The van der Waals surface area contributed by atoms with Crippen LogP contribution in [0.4, 0.5) is 0 Å². The van der Waals surface area contributed by atoms with Gasteiger partial charge in [0.15, 0.2) is 29.2 Å². The van der Waals surface area contributed by atoms with Crippen molar-refractivity contribution in [3.05, 3.63) is 124 Å². The lowest BCUT2D eigenvalue weighted by Gasteiger charge is -2.37. The van der Waals surface area contributed by atoms with Gasteiger partial charge in [0.05, 0.1) is 13.7 Å². The molecule has 0 bridgehead atoms. The summed E-state index contributed by atoms with van der Waals surface area (Å²) in [6.45, 7) is 8.45. The van der Waals surface area contributed by atoms with E-state index in [0.29, 0.717) is 42.3 Å². The molecule has 3 aliphatic rings. The predicted octanol–water partition coefficient (Wildman–Crippen LogP) is 7.52. The number of pyridine rings is 1. The minimum absolute atomic E-state index is 0.0850. The van der Waals surface area contributed by atoms with Crippen LogP contribution in [0.1, 0.15) is 87.4 Å². The van der Waals surface area contributed by atoms with E-state index in [0.717, 1.165) is 50.4 Å². The molecule has 12 nitrogen and oxygen atoms in total. The van der Waals surface area contributed by atoms with Crippen LogP contribution < -0.4 is 19.5 Å². The molecule has 0 saturated heterocycles. The number of carbonyl (C=O) groups excluding carboxylic acids is 3. The van der Waals surface area contributed by atoms with Gasteiger partial charge in [-0.3, -0.25) is 14.6 Å². The van der Waals surface area contributed by atoms with Crippen molar-refractivity contribution in [3.8, 4) is 28.4 Å². The van der Waals surface area contributed by atoms with E-state index in [1.807, 2.05) is 80.6 Å². The highest BCUT2D eigenvalue weighted by atomic mass is 16.6. The van der Waals surface area contributed by atoms with Gasteiger partial charge < -0.3 is 33.6 Å². The second kappa shape index (κ2) is 17.0. The molecule has 59 heavy (non-hydrogen) atoms. The molecule has 306 valence electrons. The van der Waals surface area contributed by atoms with E-state index in [2.05, 4.69) is 15.3 Å². The van der Waals surface area contributed by atoms with Crippen LogP contribution in [-0.4, -0.2) is 65.1 Å². The van der Waals surface area contributed by atoms with Gasteiger partial charge in [-0.15, -0.1) is 0 Å². The highest BCUT2D eigenvalue weighted by Gasteiger charge is 2.40. The molecule has 8 rings (SSSR count). The maximum absolute atomic E-state index is 14.4. The van der Waals surface area contributed by atoms with Crippen LogP contribution in [0.2, 0.25) is 0 Å². The average molecular weight is 799 g/mol. The summed E-state index contributed by atoms with van der Waals surface area (Å²) in [5, 5.41) is 2.93. The van der Waals surface area contributed by atoms with E-state index in [1.54, 1.807) is 20.0 Å². The molecule has 0 radical (unpaired) electrons. The molecule has 1 N–H and O–H groups in total. The van der Waals surface area contributed by atoms with Crippen molar-refractivity contribution in [2.75, 3.05) is 20.3 Å². The largest absolute Gasteiger partial charge is 0.493 e. The number of fused-ring (bicyclic) bond motifs is 2. The molecule has 1 aliphatic carbocycles. The molecule has 2 aliphatic heterocycles. The van der Waals surface area contributed by atoms with Gasteiger partial charge in [-0.1, -0.05) is 49.2 Å². The van der Waals surface area contributed by atoms with Gasteiger partial charge in [0, 0.05) is 38.2 Å². The van der Waals surface area contributed by atoms with Crippen molar-refractivity contribution in [1.29, 1.82) is 0 Å². The van der Waals surface area contributed by atoms with Crippen LogP contribution in [0.5, 0.6) is 17.2 Å². The number of carbonyl (C=O) groups is 3. The van der Waals surface area contributed by atoms with Gasteiger partial charge in [-0.05, 0) is 109 Å². The molecular weight excluding hydrogens is 749 g/mol. The van der Waals surface area contributed by atoms with E-state index in [4.69, 9.17) is 23.4 Å². The molecule has 5 aromatic rings. The van der Waals surface area contributed by atoms with Crippen LogP contribution in [0, 0.1) is 33.6 Å². The number of hydrogen-bond acceptors (Lipinski definition) is 10. The highest BCUT2D eigenvalue weighted by molar-refractivity contribution is 5.98. The fourth-order valence-corrected chi connectivity index (χ4v) is 8.43. The Kier molecular flexibility index (Phi) is 11.4. The van der Waals surface area contributed by atoms with Crippen LogP contribution in [0.15, 0.2) is 77.3 Å². The number of aromatic nitrogens is 2. The summed E-state index contributed by atoms with van der Waals surface area (Å²) < 4.78 is 29.8. The minimum atomic E-state index is -1.01. The van der Waals surface area contributed by atoms with Crippen LogP contribution in [-0.2, 0) is 33.7 Å². The van der Waals surface area contributed by atoms with Crippen molar-refractivity contribution in [1.82, 2.24) is 20.2 Å². The number of esters is 1. The van der Waals surface area contributed by atoms with Crippen molar-refractivity contribution in [2.24, 2.45) is 5.92 Å². The zero-order valence-electron chi connectivity index (χ0n) is 34.2. The standard InChI is InChI=1S/C47H50N4O8/c1-27-28(2)48-18-17-38(27)33-15-13-31(14-16-33)19-39(47(54)55-5)50-45(52)40-21-35-22-41-42(23-36(35)24-51(40)46(53)44-29(3)58-30(4)49-44)59-43(26-57-41)34-11-8-12-37(20-34)56-25-32-9-6-7-10-32/h8,11-18,20,22-23,32,39-40,43H,6-7,9-10,19,21,24-26H2,1-5H3,(H,50,52)/t39-,40-,43+/m0/s1. The lowest BCUT2D eigenvalue weighted by molar-refractivity contribution is -0.145. The Balaban J connectivity index is 1.02. The summed E-state index contributed by atoms with van der Waals surface area (Å²) in [6, 6.07) is 19.6. The molecule has 12 heteroatoms. The van der Waals surface area contributed by atoms with Gasteiger partial charge in [0.25, 0.3) is 5.91 Å². The van der Waals surface area contributed by atoms with E-state index in [9.17, 15) is 14.4 Å². The Morgan fingerprint density at radius 3 is 2.47 bits per heavy atom. The number of benzene rings is 3. The zero-order valence-corrected chi connectivity index (χ0v) is 34.2. The summed E-state index contributed by atoms with van der Waals surface area (Å²) in [6.07, 6.45) is 6.72. The van der Waals surface area contributed by atoms with Gasteiger partial charge >= 0.3 is 5.97 Å². The number of ether oxygens (including phenoxy) is 4. The minimum Gasteiger partial charge on any atom is -0.493 e. The summed E-state index contributed by atoms with van der Waals surface area (Å²) in [7, 11) is 1.29. The van der Waals surface area contributed by atoms with Crippen molar-refractivity contribution < 1.29 is 37.7 Å². The van der Waals surface area contributed by atoms with Crippen LogP contribution in [0.25, 0.3) is 11.1 Å². The smallest absolute Gasteiger partial charge is 0.328 e.